The fourth-order valence-corrected chi connectivity index (χ4v) is 1.75. The van der Waals surface area contributed by atoms with Gasteiger partial charge in [0.1, 0.15) is 0 Å². The number of hydrogen-bond acceptors (Lipinski definition) is 2. The van der Waals surface area contributed by atoms with E-state index in [0.29, 0.717) is 12.5 Å². The molecule has 0 saturated heterocycles. The van der Waals surface area contributed by atoms with Gasteiger partial charge in [-0.3, -0.25) is 4.79 Å². The van der Waals surface area contributed by atoms with Crippen LogP contribution in [0, 0.1) is 5.92 Å². The van der Waals surface area contributed by atoms with Crippen molar-refractivity contribution in [3.05, 3.63) is 0 Å². The zero-order valence-electron chi connectivity index (χ0n) is 9.25. The normalized spacial score (nSPS) is 27.1. The Kier molecular flexibility index (Phi) is 4.39. The molecular formula is C11H22N2O. The highest BCUT2D eigenvalue weighted by Gasteiger charge is 2.36. The van der Waals surface area contributed by atoms with E-state index in [9.17, 15) is 4.79 Å². The minimum absolute atomic E-state index is 0.131. The zero-order valence-corrected chi connectivity index (χ0v) is 9.25. The Bertz CT molecular complexity index is 192. The lowest BCUT2D eigenvalue weighted by molar-refractivity contribution is -0.121. The molecule has 82 valence electrons. The van der Waals surface area contributed by atoms with Crippen molar-refractivity contribution in [1.29, 1.82) is 0 Å². The molecule has 0 heterocycles. The van der Waals surface area contributed by atoms with Crippen LogP contribution in [0.3, 0.4) is 0 Å². The predicted molar refractivity (Wildman–Crippen MR) is 57.8 cm³/mol. The maximum Gasteiger partial charge on any atom is 0.220 e. The number of carbonyl (C=O) groups excluding carboxylic acids is 1. The maximum atomic E-state index is 11.4. The fraction of sp³-hybridized carbons (Fsp3) is 0.909. The van der Waals surface area contributed by atoms with Crippen LogP contribution in [0.15, 0.2) is 0 Å². The number of rotatable bonds is 6. The van der Waals surface area contributed by atoms with Gasteiger partial charge in [-0.05, 0) is 32.1 Å². The summed E-state index contributed by atoms with van der Waals surface area (Å²) < 4.78 is 0. The molecule has 3 nitrogen and oxygen atoms in total. The minimum Gasteiger partial charge on any atom is -0.353 e. The summed E-state index contributed by atoms with van der Waals surface area (Å²) in [7, 11) is 0. The highest BCUT2D eigenvalue weighted by molar-refractivity contribution is 5.76. The van der Waals surface area contributed by atoms with E-state index >= 15 is 0 Å². The van der Waals surface area contributed by atoms with Gasteiger partial charge in [0.15, 0.2) is 0 Å². The Morgan fingerprint density at radius 2 is 2.36 bits per heavy atom. The Balaban J connectivity index is 2.05. The van der Waals surface area contributed by atoms with Crippen molar-refractivity contribution < 1.29 is 4.79 Å². The van der Waals surface area contributed by atoms with Gasteiger partial charge in [-0.1, -0.05) is 13.3 Å². The summed E-state index contributed by atoms with van der Waals surface area (Å²) in [6.45, 7) is 4.12. The van der Waals surface area contributed by atoms with Crippen LogP contribution in [0.25, 0.3) is 0 Å². The van der Waals surface area contributed by atoms with Gasteiger partial charge in [-0.2, -0.15) is 0 Å². The summed E-state index contributed by atoms with van der Waals surface area (Å²) in [6, 6.07) is 0.599. The summed E-state index contributed by atoms with van der Waals surface area (Å²) >= 11 is 0. The molecular weight excluding hydrogens is 176 g/mol. The average molecular weight is 198 g/mol. The molecule has 0 radical (unpaired) electrons. The number of nitrogens with one attached hydrogen (secondary N) is 1. The third-order valence-electron chi connectivity index (χ3n) is 2.76. The van der Waals surface area contributed by atoms with Crippen molar-refractivity contribution in [3.8, 4) is 0 Å². The summed E-state index contributed by atoms with van der Waals surface area (Å²) in [6.07, 6.45) is 5.01. The van der Waals surface area contributed by atoms with Crippen molar-refractivity contribution >= 4 is 5.91 Å². The second-order valence-electron chi connectivity index (χ2n) is 4.47. The molecule has 0 aromatic rings. The van der Waals surface area contributed by atoms with Gasteiger partial charge in [0, 0.05) is 18.5 Å². The lowest BCUT2D eigenvalue weighted by Gasteiger charge is -2.06. The van der Waals surface area contributed by atoms with Crippen molar-refractivity contribution in [2.75, 3.05) is 0 Å². The standard InChI is InChI=1S/C11H22N2O/c1-3-4-9-7-10(9)13-11(14)6-5-8(2)12/h8-10H,3-7,12H2,1-2H3,(H,13,14). The number of nitrogens with two attached hydrogens (primary N) is 1. The molecule has 0 aromatic carbocycles. The summed E-state index contributed by atoms with van der Waals surface area (Å²) in [5.74, 6) is 0.921. The number of carbonyl (C=O) groups is 1. The Hall–Kier alpha value is -0.570. The largest absolute Gasteiger partial charge is 0.353 e. The Labute approximate surface area is 86.4 Å². The van der Waals surface area contributed by atoms with E-state index in [1.54, 1.807) is 0 Å². The summed E-state index contributed by atoms with van der Waals surface area (Å²) in [5, 5.41) is 3.05. The van der Waals surface area contributed by atoms with Gasteiger partial charge >= 0.3 is 0 Å². The van der Waals surface area contributed by atoms with Gasteiger partial charge in [0.05, 0.1) is 0 Å². The molecule has 3 heteroatoms. The molecule has 3 atom stereocenters. The average Bonchev–Trinajstić information content (AvgIpc) is 2.81. The molecule has 1 fully saturated rings. The van der Waals surface area contributed by atoms with E-state index in [4.69, 9.17) is 5.73 Å². The van der Waals surface area contributed by atoms with Crippen molar-refractivity contribution in [3.63, 3.8) is 0 Å². The van der Waals surface area contributed by atoms with Crippen LogP contribution in [0.4, 0.5) is 0 Å². The van der Waals surface area contributed by atoms with Gasteiger partial charge in [0.25, 0.3) is 0 Å². The van der Waals surface area contributed by atoms with Crippen LogP contribution in [-0.2, 0) is 4.79 Å². The predicted octanol–water partition coefficient (Wildman–Crippen LogP) is 1.42. The second-order valence-corrected chi connectivity index (χ2v) is 4.47. The highest BCUT2D eigenvalue weighted by atomic mass is 16.1. The first-order valence-corrected chi connectivity index (χ1v) is 5.68. The zero-order chi connectivity index (χ0) is 10.6. The van der Waals surface area contributed by atoms with E-state index in [0.717, 1.165) is 12.3 Å². The van der Waals surface area contributed by atoms with Crippen LogP contribution in [-0.4, -0.2) is 18.0 Å². The van der Waals surface area contributed by atoms with E-state index in [2.05, 4.69) is 12.2 Å². The lowest BCUT2D eigenvalue weighted by atomic mass is 10.2. The van der Waals surface area contributed by atoms with Gasteiger partial charge in [-0.15, -0.1) is 0 Å². The SMILES string of the molecule is CCCC1CC1NC(=O)CCC(C)N. The molecule has 1 amide bonds. The third-order valence-corrected chi connectivity index (χ3v) is 2.76. The van der Waals surface area contributed by atoms with Crippen molar-refractivity contribution in [2.45, 2.75) is 58.0 Å². The molecule has 1 saturated carbocycles. The van der Waals surface area contributed by atoms with Crippen LogP contribution in [0.1, 0.15) is 46.0 Å². The molecule has 1 aliphatic rings. The molecule has 14 heavy (non-hydrogen) atoms. The van der Waals surface area contributed by atoms with Gasteiger partial charge in [0.2, 0.25) is 5.91 Å². The first kappa shape index (κ1) is 11.5. The van der Waals surface area contributed by atoms with Crippen LogP contribution < -0.4 is 11.1 Å². The van der Waals surface area contributed by atoms with E-state index in [1.165, 1.54) is 19.3 Å². The Morgan fingerprint density at radius 1 is 1.64 bits per heavy atom. The van der Waals surface area contributed by atoms with Crippen LogP contribution in [0.5, 0.6) is 0 Å². The van der Waals surface area contributed by atoms with E-state index in [-0.39, 0.29) is 11.9 Å². The molecule has 0 bridgehead atoms. The first-order chi connectivity index (χ1) is 6.63. The topological polar surface area (TPSA) is 55.1 Å². The van der Waals surface area contributed by atoms with Crippen LogP contribution in [0.2, 0.25) is 0 Å². The molecule has 0 aliphatic heterocycles. The first-order valence-electron chi connectivity index (χ1n) is 5.68. The number of hydrogen-bond donors (Lipinski definition) is 2. The molecule has 3 N–H and O–H groups in total. The van der Waals surface area contributed by atoms with Gasteiger partial charge < -0.3 is 11.1 Å². The molecule has 0 spiro atoms. The van der Waals surface area contributed by atoms with E-state index in [1.807, 2.05) is 6.92 Å². The summed E-state index contributed by atoms with van der Waals surface area (Å²) in [5.41, 5.74) is 5.58. The summed E-state index contributed by atoms with van der Waals surface area (Å²) in [4.78, 5) is 11.4. The smallest absolute Gasteiger partial charge is 0.220 e. The highest BCUT2D eigenvalue weighted by Crippen LogP contribution is 2.34. The second kappa shape index (κ2) is 5.35. The number of amides is 1. The molecule has 1 aliphatic carbocycles. The van der Waals surface area contributed by atoms with E-state index < -0.39 is 0 Å². The monoisotopic (exact) mass is 198 g/mol. The Morgan fingerprint density at radius 3 is 2.93 bits per heavy atom. The van der Waals surface area contributed by atoms with Gasteiger partial charge in [-0.25, -0.2) is 0 Å². The third kappa shape index (κ3) is 4.09. The molecule has 3 unspecified atom stereocenters. The fourth-order valence-electron chi connectivity index (χ4n) is 1.75. The quantitative estimate of drug-likeness (QED) is 0.678. The minimum atomic E-state index is 0.131. The maximum absolute atomic E-state index is 11.4. The lowest BCUT2D eigenvalue weighted by Crippen LogP contribution is -2.28. The molecule has 1 rings (SSSR count). The molecule has 0 aromatic heterocycles. The van der Waals surface area contributed by atoms with Crippen molar-refractivity contribution in [1.82, 2.24) is 5.32 Å². The van der Waals surface area contributed by atoms with Crippen LogP contribution >= 0.6 is 0 Å². The van der Waals surface area contributed by atoms with Crippen molar-refractivity contribution in [2.24, 2.45) is 11.7 Å².